The van der Waals surface area contributed by atoms with E-state index in [2.05, 4.69) is 10.1 Å². The maximum atomic E-state index is 11.7. The number of hydrogen-bond donors (Lipinski definition) is 2. The summed E-state index contributed by atoms with van der Waals surface area (Å²) in [4.78, 5) is 12.0. The summed E-state index contributed by atoms with van der Waals surface area (Å²) in [5.41, 5.74) is 0. The number of primary sulfonamides is 1. The van der Waals surface area contributed by atoms with Gasteiger partial charge in [0.05, 0.1) is 13.0 Å². The zero-order chi connectivity index (χ0) is 15.2. The van der Waals surface area contributed by atoms with Crippen molar-refractivity contribution < 1.29 is 26.7 Å². The lowest BCUT2D eigenvalue weighted by atomic mass is 10.3. The van der Waals surface area contributed by atoms with E-state index in [0.717, 1.165) is 11.3 Å². The van der Waals surface area contributed by atoms with E-state index in [4.69, 9.17) is 5.14 Å². The quantitative estimate of drug-likeness (QED) is 0.672. The zero-order valence-corrected chi connectivity index (χ0v) is 12.0. The molecule has 1 rings (SSSR count). The first-order valence-corrected chi connectivity index (χ1v) is 7.89. The van der Waals surface area contributed by atoms with E-state index >= 15 is 0 Å². The zero-order valence-electron chi connectivity index (χ0n) is 10.3. The maximum absolute atomic E-state index is 11.7. The lowest BCUT2D eigenvalue weighted by molar-refractivity contribution is -0.120. The predicted octanol–water partition coefficient (Wildman–Crippen LogP) is 0.336. The van der Waals surface area contributed by atoms with Crippen molar-refractivity contribution in [1.82, 2.24) is 5.32 Å². The fraction of sp³-hybridized carbons (Fsp3) is 0.500. The number of sulfonamides is 1. The third kappa shape index (κ3) is 6.37. The molecule has 1 aromatic heterocycles. The summed E-state index contributed by atoms with van der Waals surface area (Å²) in [6, 6.07) is 2.83. The van der Waals surface area contributed by atoms with Gasteiger partial charge in [-0.2, -0.15) is 0 Å². The molecule has 0 bridgehead atoms. The average molecular weight is 328 g/mol. The Hall–Kier alpha value is -1.10. The van der Waals surface area contributed by atoms with Crippen LogP contribution in [0.1, 0.15) is 4.88 Å². The van der Waals surface area contributed by atoms with Gasteiger partial charge in [-0.3, -0.25) is 4.79 Å². The lowest BCUT2D eigenvalue weighted by Gasteiger charge is -2.05. The molecule has 1 aromatic rings. The summed E-state index contributed by atoms with van der Waals surface area (Å²) in [5.74, 6) is -0.353. The Morgan fingerprint density at radius 1 is 1.45 bits per heavy atom. The van der Waals surface area contributed by atoms with E-state index in [0.29, 0.717) is 4.88 Å². The Balaban J connectivity index is 2.31. The van der Waals surface area contributed by atoms with Crippen LogP contribution in [0.5, 0.6) is 0 Å². The van der Waals surface area contributed by atoms with Gasteiger partial charge in [0.25, 0.3) is 6.43 Å². The van der Waals surface area contributed by atoms with Gasteiger partial charge in [0.2, 0.25) is 15.9 Å². The van der Waals surface area contributed by atoms with E-state index in [-0.39, 0.29) is 29.7 Å². The molecule has 20 heavy (non-hydrogen) atoms. The van der Waals surface area contributed by atoms with Gasteiger partial charge >= 0.3 is 0 Å². The molecule has 1 heterocycles. The second-order valence-corrected chi connectivity index (χ2v) is 6.72. The molecule has 0 saturated carbocycles. The average Bonchev–Trinajstić information content (AvgIpc) is 2.76. The normalized spacial score (nSPS) is 11.8. The molecule has 0 radical (unpaired) electrons. The first kappa shape index (κ1) is 17.0. The molecule has 0 aliphatic heterocycles. The maximum Gasteiger partial charge on any atom is 0.261 e. The monoisotopic (exact) mass is 328 g/mol. The van der Waals surface area contributed by atoms with Gasteiger partial charge in [0, 0.05) is 11.4 Å². The van der Waals surface area contributed by atoms with Crippen molar-refractivity contribution in [3.8, 4) is 0 Å². The third-order valence-electron chi connectivity index (χ3n) is 2.06. The summed E-state index contributed by atoms with van der Waals surface area (Å²) in [5, 5.41) is 7.41. The molecule has 0 atom stereocenters. The van der Waals surface area contributed by atoms with Crippen LogP contribution in [0.4, 0.5) is 8.78 Å². The number of ether oxygens (including phenoxy) is 1. The minimum atomic E-state index is -3.75. The summed E-state index contributed by atoms with van der Waals surface area (Å²) >= 11 is 0.912. The van der Waals surface area contributed by atoms with E-state index in [1.165, 1.54) is 12.1 Å². The number of nitrogens with one attached hydrogen (secondary N) is 1. The van der Waals surface area contributed by atoms with Crippen LogP contribution in [0.3, 0.4) is 0 Å². The fourth-order valence-electron chi connectivity index (χ4n) is 1.26. The smallest absolute Gasteiger partial charge is 0.261 e. The SMILES string of the molecule is NS(=O)(=O)c1ccc(CC(=O)NCCOCC(F)F)s1. The highest BCUT2D eigenvalue weighted by Crippen LogP contribution is 2.20. The van der Waals surface area contributed by atoms with Gasteiger partial charge in [-0.1, -0.05) is 0 Å². The predicted molar refractivity (Wildman–Crippen MR) is 69.2 cm³/mol. The number of nitrogens with two attached hydrogens (primary N) is 1. The van der Waals surface area contributed by atoms with Gasteiger partial charge in [0.15, 0.2) is 0 Å². The number of hydrogen-bond acceptors (Lipinski definition) is 5. The summed E-state index contributed by atoms with van der Waals surface area (Å²) in [6.07, 6.45) is -2.54. The molecule has 0 fully saturated rings. The van der Waals surface area contributed by atoms with E-state index in [1.54, 1.807) is 0 Å². The summed E-state index contributed by atoms with van der Waals surface area (Å²) in [7, 11) is -3.75. The number of alkyl halides is 2. The van der Waals surface area contributed by atoms with Crippen molar-refractivity contribution in [2.45, 2.75) is 17.1 Å². The highest BCUT2D eigenvalue weighted by atomic mass is 32.2. The van der Waals surface area contributed by atoms with E-state index < -0.39 is 23.1 Å². The molecule has 0 aliphatic carbocycles. The molecule has 114 valence electrons. The van der Waals surface area contributed by atoms with Gasteiger partial charge in [-0.05, 0) is 12.1 Å². The molecule has 0 aliphatic rings. The molecule has 10 heteroatoms. The Morgan fingerprint density at radius 2 is 2.15 bits per heavy atom. The second kappa shape index (κ2) is 7.62. The highest BCUT2D eigenvalue weighted by Gasteiger charge is 2.13. The van der Waals surface area contributed by atoms with Gasteiger partial charge in [-0.25, -0.2) is 22.3 Å². The molecular formula is C10H14F2N2O4S2. The number of rotatable bonds is 8. The Labute approximate surface area is 119 Å². The van der Waals surface area contributed by atoms with Gasteiger partial charge in [0.1, 0.15) is 10.8 Å². The van der Waals surface area contributed by atoms with Crippen LogP contribution in [0.2, 0.25) is 0 Å². The third-order valence-corrected chi connectivity index (χ3v) is 4.59. The molecule has 0 unspecified atom stereocenters. The van der Waals surface area contributed by atoms with Crippen LogP contribution in [0, 0.1) is 0 Å². The van der Waals surface area contributed by atoms with Crippen LogP contribution >= 0.6 is 11.3 Å². The van der Waals surface area contributed by atoms with Crippen LogP contribution in [-0.4, -0.2) is 40.5 Å². The Morgan fingerprint density at radius 3 is 2.70 bits per heavy atom. The van der Waals surface area contributed by atoms with Gasteiger partial charge in [-0.15, -0.1) is 11.3 Å². The highest BCUT2D eigenvalue weighted by molar-refractivity contribution is 7.91. The van der Waals surface area contributed by atoms with Crippen LogP contribution in [0.25, 0.3) is 0 Å². The van der Waals surface area contributed by atoms with Crippen molar-refractivity contribution >= 4 is 27.3 Å². The van der Waals surface area contributed by atoms with E-state index in [9.17, 15) is 22.0 Å². The largest absolute Gasteiger partial charge is 0.374 e. The number of carbonyl (C=O) groups excluding carboxylic acids is 1. The Bertz CT molecular complexity index is 545. The minimum Gasteiger partial charge on any atom is -0.374 e. The fourth-order valence-corrected chi connectivity index (χ4v) is 3.04. The van der Waals surface area contributed by atoms with E-state index in [1.807, 2.05) is 0 Å². The lowest BCUT2D eigenvalue weighted by Crippen LogP contribution is -2.28. The minimum absolute atomic E-state index is 0.00493. The summed E-state index contributed by atoms with van der Waals surface area (Å²) < 4.78 is 50.1. The molecule has 1 amide bonds. The first-order chi connectivity index (χ1) is 9.29. The molecule has 0 spiro atoms. The molecule has 0 saturated heterocycles. The molecular weight excluding hydrogens is 314 g/mol. The first-order valence-electron chi connectivity index (χ1n) is 5.53. The van der Waals surface area contributed by atoms with Crippen molar-refractivity contribution in [1.29, 1.82) is 0 Å². The molecule has 0 aromatic carbocycles. The second-order valence-electron chi connectivity index (χ2n) is 3.76. The topological polar surface area (TPSA) is 98.5 Å². The number of halogens is 2. The molecule has 6 nitrogen and oxygen atoms in total. The number of amides is 1. The van der Waals surface area contributed by atoms with Crippen molar-refractivity contribution in [3.05, 3.63) is 17.0 Å². The van der Waals surface area contributed by atoms with Crippen LogP contribution < -0.4 is 10.5 Å². The van der Waals surface area contributed by atoms with Crippen LogP contribution in [0.15, 0.2) is 16.3 Å². The molecule has 3 N–H and O–H groups in total. The number of thiophene rings is 1. The van der Waals surface area contributed by atoms with Crippen LogP contribution in [-0.2, 0) is 26.0 Å². The standard InChI is InChI=1S/C10H14F2N2O4S2/c11-8(12)6-18-4-3-14-9(15)5-7-1-2-10(19-7)20(13,16)17/h1-2,8H,3-6H2,(H,14,15)(H2,13,16,17). The van der Waals surface area contributed by atoms with Crippen molar-refractivity contribution in [2.75, 3.05) is 19.8 Å². The Kier molecular flexibility index (Phi) is 6.46. The van der Waals surface area contributed by atoms with Crippen molar-refractivity contribution in [3.63, 3.8) is 0 Å². The van der Waals surface area contributed by atoms with Crippen molar-refractivity contribution in [2.24, 2.45) is 5.14 Å². The summed E-state index contributed by atoms with van der Waals surface area (Å²) in [6.45, 7) is -0.569. The van der Waals surface area contributed by atoms with Gasteiger partial charge < -0.3 is 10.1 Å². The number of carbonyl (C=O) groups is 1.